The van der Waals surface area contributed by atoms with Crippen molar-refractivity contribution < 1.29 is 13.9 Å². The molecule has 1 aromatic rings. The smallest absolute Gasteiger partial charge is 0.129 e. The van der Waals surface area contributed by atoms with Crippen LogP contribution in [-0.4, -0.2) is 11.2 Å². The summed E-state index contributed by atoms with van der Waals surface area (Å²) in [5.41, 5.74) is 0.357. The van der Waals surface area contributed by atoms with Crippen LogP contribution in [0.5, 0.6) is 0 Å². The van der Waals surface area contributed by atoms with Gasteiger partial charge in [-0.05, 0) is 18.1 Å². The first-order chi connectivity index (χ1) is 6.13. The zero-order chi connectivity index (χ0) is 9.84. The van der Waals surface area contributed by atoms with Gasteiger partial charge in [-0.25, -0.2) is 8.78 Å². The van der Waals surface area contributed by atoms with E-state index in [2.05, 4.69) is 0 Å². The lowest BCUT2D eigenvalue weighted by Gasteiger charge is -2.07. The van der Waals surface area contributed by atoms with Gasteiger partial charge in [0.05, 0.1) is 6.10 Å². The molecular formula is C10H12F2O. The van der Waals surface area contributed by atoms with E-state index in [0.29, 0.717) is 12.0 Å². The first-order valence-electron chi connectivity index (χ1n) is 4.25. The lowest BCUT2D eigenvalue weighted by molar-refractivity contribution is 0.169. The summed E-state index contributed by atoms with van der Waals surface area (Å²) in [7, 11) is 0. The SMILES string of the molecule is CC[C@H](O)Cc1ccc(F)cc1F. The predicted molar refractivity (Wildman–Crippen MR) is 46.4 cm³/mol. The number of hydrogen-bond donors (Lipinski definition) is 1. The number of rotatable bonds is 3. The number of aliphatic hydroxyl groups excluding tert-OH is 1. The molecule has 0 aliphatic rings. The summed E-state index contributed by atoms with van der Waals surface area (Å²) in [6, 6.07) is 3.39. The van der Waals surface area contributed by atoms with Crippen molar-refractivity contribution in [2.45, 2.75) is 25.9 Å². The maximum atomic E-state index is 13.0. The van der Waals surface area contributed by atoms with Crippen molar-refractivity contribution in [1.29, 1.82) is 0 Å². The Morgan fingerprint density at radius 3 is 2.62 bits per heavy atom. The summed E-state index contributed by atoms with van der Waals surface area (Å²) < 4.78 is 25.5. The molecule has 0 amide bonds. The van der Waals surface area contributed by atoms with Crippen LogP contribution in [0.25, 0.3) is 0 Å². The molecular weight excluding hydrogens is 174 g/mol. The minimum atomic E-state index is -0.591. The molecule has 13 heavy (non-hydrogen) atoms. The fraction of sp³-hybridized carbons (Fsp3) is 0.400. The Morgan fingerprint density at radius 2 is 2.08 bits per heavy atom. The summed E-state index contributed by atoms with van der Waals surface area (Å²) in [5, 5.41) is 9.24. The Kier molecular flexibility index (Phi) is 3.37. The van der Waals surface area contributed by atoms with Crippen LogP contribution >= 0.6 is 0 Å². The molecule has 0 unspecified atom stereocenters. The van der Waals surface area contributed by atoms with Crippen molar-refractivity contribution in [2.24, 2.45) is 0 Å². The molecule has 1 atom stereocenters. The van der Waals surface area contributed by atoms with E-state index in [4.69, 9.17) is 0 Å². The molecule has 1 aromatic carbocycles. The molecule has 0 saturated carbocycles. The quantitative estimate of drug-likeness (QED) is 0.767. The highest BCUT2D eigenvalue weighted by atomic mass is 19.1. The largest absolute Gasteiger partial charge is 0.393 e. The summed E-state index contributed by atoms with van der Waals surface area (Å²) >= 11 is 0. The van der Waals surface area contributed by atoms with Gasteiger partial charge in [-0.3, -0.25) is 0 Å². The molecule has 1 rings (SSSR count). The summed E-state index contributed by atoms with van der Waals surface area (Å²) in [4.78, 5) is 0. The molecule has 0 bridgehead atoms. The predicted octanol–water partition coefficient (Wildman–Crippen LogP) is 2.28. The molecule has 0 aliphatic heterocycles. The molecule has 0 saturated heterocycles. The molecule has 0 aliphatic carbocycles. The molecule has 72 valence electrons. The second kappa shape index (κ2) is 4.33. The molecule has 0 fully saturated rings. The highest BCUT2D eigenvalue weighted by molar-refractivity contribution is 5.19. The van der Waals surface area contributed by atoms with Gasteiger partial charge in [0.25, 0.3) is 0 Å². The lowest BCUT2D eigenvalue weighted by atomic mass is 10.1. The van der Waals surface area contributed by atoms with Crippen molar-refractivity contribution in [3.05, 3.63) is 35.4 Å². The van der Waals surface area contributed by atoms with E-state index in [1.807, 2.05) is 6.92 Å². The number of benzene rings is 1. The normalized spacial score (nSPS) is 12.9. The van der Waals surface area contributed by atoms with E-state index in [1.165, 1.54) is 12.1 Å². The summed E-state index contributed by atoms with van der Waals surface area (Å²) in [6.45, 7) is 1.81. The third-order valence-corrected chi connectivity index (χ3v) is 1.94. The monoisotopic (exact) mass is 186 g/mol. The number of hydrogen-bond acceptors (Lipinski definition) is 1. The Labute approximate surface area is 76.0 Å². The van der Waals surface area contributed by atoms with Gasteiger partial charge in [-0.1, -0.05) is 13.0 Å². The average Bonchev–Trinajstić information content (AvgIpc) is 2.09. The van der Waals surface area contributed by atoms with E-state index in [1.54, 1.807) is 0 Å². The Hall–Kier alpha value is -0.960. The van der Waals surface area contributed by atoms with Crippen molar-refractivity contribution in [2.75, 3.05) is 0 Å². The second-order valence-corrected chi connectivity index (χ2v) is 3.00. The molecule has 0 aromatic heterocycles. The van der Waals surface area contributed by atoms with Crippen LogP contribution in [0.2, 0.25) is 0 Å². The van der Waals surface area contributed by atoms with Crippen LogP contribution in [-0.2, 0) is 6.42 Å². The van der Waals surface area contributed by atoms with E-state index >= 15 is 0 Å². The fourth-order valence-corrected chi connectivity index (χ4v) is 1.09. The lowest BCUT2D eigenvalue weighted by Crippen LogP contribution is -2.09. The fourth-order valence-electron chi connectivity index (χ4n) is 1.09. The number of halogens is 2. The van der Waals surface area contributed by atoms with Gasteiger partial charge < -0.3 is 5.11 Å². The first-order valence-corrected chi connectivity index (χ1v) is 4.25. The van der Waals surface area contributed by atoms with Crippen LogP contribution in [0.4, 0.5) is 8.78 Å². The molecule has 0 spiro atoms. The van der Waals surface area contributed by atoms with Crippen LogP contribution in [0.15, 0.2) is 18.2 Å². The maximum Gasteiger partial charge on any atom is 0.129 e. The van der Waals surface area contributed by atoms with E-state index in [0.717, 1.165) is 6.07 Å². The third kappa shape index (κ3) is 2.77. The van der Waals surface area contributed by atoms with Crippen LogP contribution in [0, 0.1) is 11.6 Å². The molecule has 0 radical (unpaired) electrons. The van der Waals surface area contributed by atoms with E-state index in [-0.39, 0.29) is 6.42 Å². The van der Waals surface area contributed by atoms with Gasteiger partial charge in [-0.2, -0.15) is 0 Å². The van der Waals surface area contributed by atoms with Gasteiger partial charge >= 0.3 is 0 Å². The minimum absolute atomic E-state index is 0.239. The van der Waals surface area contributed by atoms with Gasteiger partial charge in [-0.15, -0.1) is 0 Å². The Bertz CT molecular complexity index is 286. The third-order valence-electron chi connectivity index (χ3n) is 1.94. The standard InChI is InChI=1S/C10H12F2O/c1-2-9(13)5-7-3-4-8(11)6-10(7)12/h3-4,6,9,13H,2,5H2,1H3/t9-/m0/s1. The summed E-state index contributed by atoms with van der Waals surface area (Å²) in [6.07, 6.45) is 0.249. The molecule has 3 heteroatoms. The molecule has 1 N–H and O–H groups in total. The van der Waals surface area contributed by atoms with Crippen molar-refractivity contribution in [3.63, 3.8) is 0 Å². The maximum absolute atomic E-state index is 13.0. The molecule has 0 heterocycles. The second-order valence-electron chi connectivity index (χ2n) is 3.00. The van der Waals surface area contributed by atoms with Gasteiger partial charge in [0.15, 0.2) is 0 Å². The van der Waals surface area contributed by atoms with Crippen LogP contribution < -0.4 is 0 Å². The van der Waals surface area contributed by atoms with Crippen molar-refractivity contribution >= 4 is 0 Å². The Morgan fingerprint density at radius 1 is 1.38 bits per heavy atom. The molecule has 1 nitrogen and oxygen atoms in total. The van der Waals surface area contributed by atoms with Gasteiger partial charge in [0, 0.05) is 12.5 Å². The zero-order valence-corrected chi connectivity index (χ0v) is 7.43. The van der Waals surface area contributed by atoms with E-state index in [9.17, 15) is 13.9 Å². The first kappa shape index (κ1) is 10.1. The Balaban J connectivity index is 2.77. The van der Waals surface area contributed by atoms with Crippen LogP contribution in [0.3, 0.4) is 0 Å². The number of aliphatic hydroxyl groups is 1. The van der Waals surface area contributed by atoms with Gasteiger partial charge in [0.1, 0.15) is 11.6 Å². The topological polar surface area (TPSA) is 20.2 Å². The van der Waals surface area contributed by atoms with Crippen molar-refractivity contribution in [1.82, 2.24) is 0 Å². The highest BCUT2D eigenvalue weighted by Gasteiger charge is 2.08. The summed E-state index contributed by atoms with van der Waals surface area (Å²) in [5.74, 6) is -1.18. The zero-order valence-electron chi connectivity index (χ0n) is 7.43. The highest BCUT2D eigenvalue weighted by Crippen LogP contribution is 2.12. The van der Waals surface area contributed by atoms with Crippen molar-refractivity contribution in [3.8, 4) is 0 Å². The average molecular weight is 186 g/mol. The minimum Gasteiger partial charge on any atom is -0.393 e. The van der Waals surface area contributed by atoms with Crippen LogP contribution in [0.1, 0.15) is 18.9 Å². The van der Waals surface area contributed by atoms with E-state index < -0.39 is 17.7 Å². The van der Waals surface area contributed by atoms with Gasteiger partial charge in [0.2, 0.25) is 0 Å².